The van der Waals surface area contributed by atoms with Crippen LogP contribution in [0.4, 0.5) is 23.8 Å². The number of likely N-dealkylation sites (tertiary alicyclic amines) is 1. The van der Waals surface area contributed by atoms with Gasteiger partial charge in [0.25, 0.3) is 0 Å². The van der Waals surface area contributed by atoms with E-state index in [0.717, 1.165) is 51.3 Å². The largest absolute Gasteiger partial charge is 0.365 e. The molecule has 1 saturated heterocycles. The molecular formula is C25H29F3N6O. The predicted molar refractivity (Wildman–Crippen MR) is 128 cm³/mol. The normalized spacial score (nSPS) is 20.4. The number of H-pyrrole nitrogens is 1. The van der Waals surface area contributed by atoms with Crippen molar-refractivity contribution >= 4 is 22.8 Å². The summed E-state index contributed by atoms with van der Waals surface area (Å²) in [5.41, 5.74) is 7.24. The van der Waals surface area contributed by atoms with Gasteiger partial charge in [0.1, 0.15) is 11.6 Å². The van der Waals surface area contributed by atoms with Crippen LogP contribution in [0.3, 0.4) is 0 Å². The maximum atomic E-state index is 15.0. The van der Waals surface area contributed by atoms with Gasteiger partial charge in [-0.25, -0.2) is 22.9 Å². The number of pyridine rings is 1. The highest BCUT2D eigenvalue weighted by Gasteiger charge is 2.27. The second kappa shape index (κ2) is 9.77. The third-order valence-electron chi connectivity index (χ3n) is 6.97. The molecule has 10 heteroatoms. The van der Waals surface area contributed by atoms with Crippen LogP contribution in [0.1, 0.15) is 44.1 Å². The zero-order chi connectivity index (χ0) is 24.5. The second-order valence-corrected chi connectivity index (χ2v) is 9.39. The van der Waals surface area contributed by atoms with Crippen LogP contribution in [0.2, 0.25) is 0 Å². The van der Waals surface area contributed by atoms with Crippen LogP contribution >= 0.6 is 0 Å². The number of aromatic nitrogens is 2. The number of carbonyl (C=O) groups excluding carboxylic acids is 1. The maximum Gasteiger partial charge on any atom is 0.317 e. The molecule has 0 bridgehead atoms. The van der Waals surface area contributed by atoms with Gasteiger partial charge in [0.15, 0.2) is 11.6 Å². The fourth-order valence-electron chi connectivity index (χ4n) is 5.20. The van der Waals surface area contributed by atoms with Gasteiger partial charge in [-0.15, -0.1) is 0 Å². The van der Waals surface area contributed by atoms with Crippen LogP contribution in [-0.4, -0.2) is 46.1 Å². The number of urea groups is 1. The Morgan fingerprint density at radius 3 is 2.63 bits per heavy atom. The molecule has 1 aromatic carbocycles. The Balaban J connectivity index is 1.38. The number of anilines is 1. The van der Waals surface area contributed by atoms with E-state index >= 15 is 0 Å². The molecule has 35 heavy (non-hydrogen) atoms. The molecule has 2 amide bonds. The molecule has 2 aromatic heterocycles. The highest BCUT2D eigenvalue weighted by Crippen LogP contribution is 2.34. The predicted octanol–water partition coefficient (Wildman–Crippen LogP) is 4.63. The van der Waals surface area contributed by atoms with E-state index in [9.17, 15) is 18.0 Å². The Morgan fingerprint density at radius 1 is 1.09 bits per heavy atom. The number of amides is 2. The van der Waals surface area contributed by atoms with Gasteiger partial charge in [-0.3, -0.25) is 0 Å². The maximum absolute atomic E-state index is 15.0. The average Bonchev–Trinajstić information content (AvgIpc) is 3.51. The summed E-state index contributed by atoms with van der Waals surface area (Å²) in [7, 11) is 0. The molecule has 0 spiro atoms. The number of carbonyl (C=O) groups is 1. The lowest BCUT2D eigenvalue weighted by Crippen LogP contribution is -2.47. The molecule has 7 nitrogen and oxygen atoms in total. The number of hydrogen-bond acceptors (Lipinski definition) is 4. The molecule has 0 radical (unpaired) electrons. The fourth-order valence-corrected chi connectivity index (χ4v) is 5.20. The molecule has 2 aliphatic rings. The van der Waals surface area contributed by atoms with E-state index in [0.29, 0.717) is 28.6 Å². The second-order valence-electron chi connectivity index (χ2n) is 9.39. The van der Waals surface area contributed by atoms with Gasteiger partial charge in [-0.1, -0.05) is 0 Å². The highest BCUT2D eigenvalue weighted by atomic mass is 19.1. The van der Waals surface area contributed by atoms with Crippen LogP contribution in [0.25, 0.3) is 22.2 Å². The topological polar surface area (TPSA) is 99.1 Å². The summed E-state index contributed by atoms with van der Waals surface area (Å²) in [5.74, 6) is -1.92. The first-order valence-electron chi connectivity index (χ1n) is 12.1. The third-order valence-corrected chi connectivity index (χ3v) is 6.97. The van der Waals surface area contributed by atoms with Crippen molar-refractivity contribution in [1.29, 1.82) is 0 Å². The number of aromatic amines is 1. The Bertz CT molecular complexity index is 1240. The Kier molecular flexibility index (Phi) is 6.55. The number of halogens is 3. The molecule has 1 saturated carbocycles. The number of benzene rings is 1. The molecule has 3 aromatic rings. The monoisotopic (exact) mass is 486 g/mol. The van der Waals surface area contributed by atoms with Crippen molar-refractivity contribution in [3.8, 4) is 11.3 Å². The van der Waals surface area contributed by atoms with Crippen molar-refractivity contribution in [2.24, 2.45) is 5.73 Å². The van der Waals surface area contributed by atoms with Crippen molar-refractivity contribution in [2.45, 2.75) is 57.2 Å². The quantitative estimate of drug-likeness (QED) is 0.422. The third kappa shape index (κ3) is 4.80. The number of fused-ring (bicyclic) bond motifs is 1. The van der Waals surface area contributed by atoms with E-state index < -0.39 is 17.5 Å². The van der Waals surface area contributed by atoms with E-state index in [-0.39, 0.29) is 36.0 Å². The lowest BCUT2D eigenvalue weighted by atomic mass is 9.91. The van der Waals surface area contributed by atoms with Crippen LogP contribution < -0.4 is 16.4 Å². The van der Waals surface area contributed by atoms with E-state index in [4.69, 9.17) is 5.73 Å². The molecule has 2 unspecified atom stereocenters. The van der Waals surface area contributed by atoms with Crippen molar-refractivity contribution in [1.82, 2.24) is 20.2 Å². The van der Waals surface area contributed by atoms with Crippen molar-refractivity contribution < 1.29 is 18.0 Å². The van der Waals surface area contributed by atoms with E-state index in [1.165, 1.54) is 18.3 Å². The first kappa shape index (κ1) is 23.5. The Hall–Kier alpha value is -3.27. The van der Waals surface area contributed by atoms with Gasteiger partial charge in [-0.05, 0) is 56.2 Å². The first-order chi connectivity index (χ1) is 16.9. The SMILES string of the molecule is NCc1cc(F)c(NC2CCCC(NC(=O)N3CCCC3)C2)nc1-c1c[nH]c2c(F)cc(F)cc12. The first-order valence-corrected chi connectivity index (χ1v) is 12.1. The van der Waals surface area contributed by atoms with Crippen molar-refractivity contribution in [3.63, 3.8) is 0 Å². The Labute approximate surface area is 201 Å². The molecule has 5 rings (SSSR count). The molecular weight excluding hydrogens is 457 g/mol. The van der Waals surface area contributed by atoms with Gasteiger partial charge in [0.05, 0.1) is 11.2 Å². The van der Waals surface area contributed by atoms with Gasteiger partial charge >= 0.3 is 6.03 Å². The zero-order valence-electron chi connectivity index (χ0n) is 19.3. The minimum atomic E-state index is -0.717. The van der Waals surface area contributed by atoms with Gasteiger partial charge in [-0.2, -0.15) is 0 Å². The fraction of sp³-hybridized carbons (Fsp3) is 0.440. The lowest BCUT2D eigenvalue weighted by Gasteiger charge is -2.32. The van der Waals surface area contributed by atoms with Crippen LogP contribution in [0.5, 0.6) is 0 Å². The smallest absolute Gasteiger partial charge is 0.317 e. The molecule has 2 fully saturated rings. The van der Waals surface area contributed by atoms with Crippen LogP contribution in [-0.2, 0) is 6.54 Å². The van der Waals surface area contributed by atoms with Crippen molar-refractivity contribution in [2.75, 3.05) is 18.4 Å². The summed E-state index contributed by atoms with van der Waals surface area (Å²) >= 11 is 0. The summed E-state index contributed by atoms with van der Waals surface area (Å²) < 4.78 is 43.1. The summed E-state index contributed by atoms with van der Waals surface area (Å²) in [6, 6.07) is 3.22. The molecule has 5 N–H and O–H groups in total. The number of nitrogens with one attached hydrogen (secondary N) is 3. The summed E-state index contributed by atoms with van der Waals surface area (Å²) in [4.78, 5) is 21.7. The van der Waals surface area contributed by atoms with Crippen molar-refractivity contribution in [3.05, 3.63) is 47.4 Å². The van der Waals surface area contributed by atoms with Crippen LogP contribution in [0.15, 0.2) is 24.4 Å². The molecule has 186 valence electrons. The number of nitrogens with zero attached hydrogens (tertiary/aromatic N) is 2. The molecule has 1 aliphatic heterocycles. The van der Waals surface area contributed by atoms with Gasteiger partial charge < -0.3 is 26.3 Å². The molecule has 3 heterocycles. The van der Waals surface area contributed by atoms with Gasteiger partial charge in [0, 0.05) is 54.9 Å². The average molecular weight is 487 g/mol. The standard InChI is InChI=1S/C25H29F3N6O/c26-15-9-18-19(13-30-23(18)20(27)10-15)22-14(12-29)8-21(28)24(33-22)31-16-4-3-5-17(11-16)32-25(35)34-6-1-2-7-34/h8-10,13,16-17,30H,1-7,11-12,29H2,(H,31,33)(H,32,35). The van der Waals surface area contributed by atoms with E-state index in [1.54, 1.807) is 0 Å². The molecule has 2 atom stereocenters. The summed E-state index contributed by atoms with van der Waals surface area (Å²) in [5, 5.41) is 6.62. The number of nitrogens with two attached hydrogens (primary N) is 1. The number of hydrogen-bond donors (Lipinski definition) is 4. The van der Waals surface area contributed by atoms with E-state index in [2.05, 4.69) is 20.6 Å². The minimum absolute atomic E-state index is 0.000218. The lowest BCUT2D eigenvalue weighted by molar-refractivity contribution is 0.199. The number of rotatable bonds is 5. The highest BCUT2D eigenvalue weighted by molar-refractivity contribution is 5.95. The van der Waals surface area contributed by atoms with Crippen LogP contribution in [0, 0.1) is 17.5 Å². The molecule has 1 aliphatic carbocycles. The summed E-state index contributed by atoms with van der Waals surface area (Å²) in [6.45, 7) is 1.58. The summed E-state index contributed by atoms with van der Waals surface area (Å²) in [6.07, 6.45) is 6.82. The minimum Gasteiger partial charge on any atom is -0.365 e. The van der Waals surface area contributed by atoms with E-state index in [1.807, 2.05) is 4.90 Å². The zero-order valence-corrected chi connectivity index (χ0v) is 19.3. The van der Waals surface area contributed by atoms with Gasteiger partial charge in [0.2, 0.25) is 0 Å². The Morgan fingerprint density at radius 2 is 1.86 bits per heavy atom.